The SMILES string of the molecule is C[C@@H](NC(=O)c1cc[n+]([O-])cc1)[C@H]1C[C@H]2CC[C@H]1C2. The van der Waals surface area contributed by atoms with Gasteiger partial charge in [-0.3, -0.25) is 4.79 Å². The van der Waals surface area contributed by atoms with Crippen molar-refractivity contribution >= 4 is 5.91 Å². The Labute approximate surface area is 113 Å². The van der Waals surface area contributed by atoms with Crippen LogP contribution in [-0.2, 0) is 0 Å². The number of nitrogens with one attached hydrogen (secondary N) is 1. The number of aromatic nitrogens is 1. The van der Waals surface area contributed by atoms with Crippen LogP contribution in [0.25, 0.3) is 0 Å². The van der Waals surface area contributed by atoms with Crippen LogP contribution in [0.2, 0.25) is 0 Å². The Bertz CT molecular complexity index is 472. The average Bonchev–Trinajstić information content (AvgIpc) is 3.01. The molecule has 2 fully saturated rings. The molecule has 0 saturated heterocycles. The molecule has 0 radical (unpaired) electrons. The molecule has 4 atom stereocenters. The molecule has 4 heteroatoms. The predicted molar refractivity (Wildman–Crippen MR) is 71.3 cm³/mol. The minimum absolute atomic E-state index is 0.0733. The second-order valence-electron chi connectivity index (χ2n) is 6.05. The third kappa shape index (κ3) is 2.44. The summed E-state index contributed by atoms with van der Waals surface area (Å²) >= 11 is 0. The first kappa shape index (κ1) is 12.5. The maximum absolute atomic E-state index is 12.1. The van der Waals surface area contributed by atoms with Gasteiger partial charge in [-0.2, -0.15) is 4.73 Å². The second kappa shape index (κ2) is 4.83. The van der Waals surface area contributed by atoms with E-state index in [0.717, 1.165) is 11.8 Å². The van der Waals surface area contributed by atoms with E-state index >= 15 is 0 Å². The maximum Gasteiger partial charge on any atom is 0.251 e. The fourth-order valence-corrected chi connectivity index (χ4v) is 3.87. The number of hydrogen-bond donors (Lipinski definition) is 1. The zero-order chi connectivity index (χ0) is 13.4. The van der Waals surface area contributed by atoms with Gasteiger partial charge in [-0.25, -0.2) is 0 Å². The maximum atomic E-state index is 12.1. The van der Waals surface area contributed by atoms with Gasteiger partial charge in [0.05, 0.1) is 5.56 Å². The summed E-state index contributed by atoms with van der Waals surface area (Å²) in [6, 6.07) is 3.36. The van der Waals surface area contributed by atoms with Crippen LogP contribution in [0.1, 0.15) is 43.0 Å². The summed E-state index contributed by atoms with van der Waals surface area (Å²) in [6.07, 6.45) is 8.04. The Kier molecular flexibility index (Phi) is 3.17. The number of amides is 1. The van der Waals surface area contributed by atoms with Crippen molar-refractivity contribution in [3.8, 4) is 0 Å². The Balaban J connectivity index is 1.61. The van der Waals surface area contributed by atoms with E-state index in [1.807, 2.05) is 0 Å². The summed E-state index contributed by atoms with van der Waals surface area (Å²) < 4.78 is 0.691. The average molecular weight is 260 g/mol. The molecule has 3 rings (SSSR count). The molecule has 1 aromatic heterocycles. The zero-order valence-electron chi connectivity index (χ0n) is 11.2. The predicted octanol–water partition coefficient (Wildman–Crippen LogP) is 1.87. The molecule has 0 aromatic carbocycles. The van der Waals surface area contributed by atoms with Crippen LogP contribution in [0.5, 0.6) is 0 Å². The Morgan fingerprint density at radius 1 is 1.37 bits per heavy atom. The van der Waals surface area contributed by atoms with Gasteiger partial charge >= 0.3 is 0 Å². The van der Waals surface area contributed by atoms with Crippen molar-refractivity contribution < 1.29 is 9.52 Å². The van der Waals surface area contributed by atoms with Crippen molar-refractivity contribution in [2.75, 3.05) is 0 Å². The fourth-order valence-electron chi connectivity index (χ4n) is 3.87. The number of nitrogens with zero attached hydrogens (tertiary/aromatic N) is 1. The molecule has 0 spiro atoms. The third-order valence-corrected chi connectivity index (χ3v) is 4.86. The molecule has 102 valence electrons. The lowest BCUT2D eigenvalue weighted by Crippen LogP contribution is -2.40. The smallest absolute Gasteiger partial charge is 0.251 e. The summed E-state index contributed by atoms with van der Waals surface area (Å²) in [5, 5.41) is 14.0. The normalized spacial score (nSPS) is 30.3. The van der Waals surface area contributed by atoms with E-state index in [4.69, 9.17) is 0 Å². The van der Waals surface area contributed by atoms with Gasteiger partial charge in [0.1, 0.15) is 0 Å². The Morgan fingerprint density at radius 2 is 2.11 bits per heavy atom. The first-order chi connectivity index (χ1) is 9.13. The van der Waals surface area contributed by atoms with Crippen LogP contribution in [0.3, 0.4) is 0 Å². The van der Waals surface area contributed by atoms with Crippen molar-refractivity contribution in [3.05, 3.63) is 35.3 Å². The van der Waals surface area contributed by atoms with E-state index in [1.165, 1.54) is 38.1 Å². The van der Waals surface area contributed by atoms with Crippen molar-refractivity contribution in [1.29, 1.82) is 0 Å². The van der Waals surface area contributed by atoms with E-state index in [-0.39, 0.29) is 11.9 Å². The molecule has 0 aliphatic heterocycles. The molecule has 2 aliphatic rings. The highest BCUT2D eigenvalue weighted by Crippen LogP contribution is 2.49. The summed E-state index contributed by atoms with van der Waals surface area (Å²) in [5.74, 6) is 2.26. The van der Waals surface area contributed by atoms with E-state index < -0.39 is 0 Å². The quantitative estimate of drug-likeness (QED) is 0.666. The second-order valence-corrected chi connectivity index (χ2v) is 6.05. The summed E-state index contributed by atoms with van der Waals surface area (Å²) in [6.45, 7) is 2.11. The summed E-state index contributed by atoms with van der Waals surface area (Å²) in [5.41, 5.74) is 0.558. The lowest BCUT2D eigenvalue weighted by Gasteiger charge is -2.28. The lowest BCUT2D eigenvalue weighted by molar-refractivity contribution is -0.605. The fraction of sp³-hybridized carbons (Fsp3) is 0.600. The number of carbonyl (C=O) groups is 1. The van der Waals surface area contributed by atoms with E-state index in [1.54, 1.807) is 12.1 Å². The molecular formula is C15H20N2O2. The van der Waals surface area contributed by atoms with Crippen molar-refractivity contribution in [2.45, 2.75) is 38.6 Å². The topological polar surface area (TPSA) is 56.0 Å². The Morgan fingerprint density at radius 3 is 2.68 bits per heavy atom. The van der Waals surface area contributed by atoms with E-state index in [9.17, 15) is 10.0 Å². The van der Waals surface area contributed by atoms with Crippen LogP contribution in [0, 0.1) is 23.0 Å². The van der Waals surface area contributed by atoms with Gasteiger partial charge in [0.25, 0.3) is 5.91 Å². The number of pyridine rings is 1. The van der Waals surface area contributed by atoms with Gasteiger partial charge in [0.2, 0.25) is 0 Å². The molecule has 19 heavy (non-hydrogen) atoms. The van der Waals surface area contributed by atoms with E-state index in [2.05, 4.69) is 12.2 Å². The largest absolute Gasteiger partial charge is 0.619 e. The minimum atomic E-state index is -0.0733. The monoisotopic (exact) mass is 260 g/mol. The first-order valence-electron chi connectivity index (χ1n) is 7.13. The van der Waals surface area contributed by atoms with Gasteiger partial charge in [-0.05, 0) is 43.9 Å². The van der Waals surface area contributed by atoms with Crippen LogP contribution in [0.4, 0.5) is 0 Å². The van der Waals surface area contributed by atoms with Crippen molar-refractivity contribution in [2.24, 2.45) is 17.8 Å². The molecule has 1 heterocycles. The molecule has 1 amide bonds. The molecule has 2 bridgehead atoms. The van der Waals surface area contributed by atoms with Crippen LogP contribution in [0.15, 0.2) is 24.5 Å². The minimum Gasteiger partial charge on any atom is -0.619 e. The molecule has 2 saturated carbocycles. The molecule has 1 N–H and O–H groups in total. The standard InChI is InChI=1S/C15H20N2O2/c1-10(14-9-11-2-3-13(14)8-11)16-15(18)12-4-6-17(19)7-5-12/h4-7,10-11,13-14H,2-3,8-9H2,1H3,(H,16,18)/t10-,11+,13+,14-/m1/s1. The number of rotatable bonds is 3. The van der Waals surface area contributed by atoms with Gasteiger partial charge in [0.15, 0.2) is 12.4 Å². The molecule has 2 aliphatic carbocycles. The highest BCUT2D eigenvalue weighted by molar-refractivity contribution is 5.94. The van der Waals surface area contributed by atoms with Gasteiger partial charge < -0.3 is 10.5 Å². The highest BCUT2D eigenvalue weighted by atomic mass is 16.5. The zero-order valence-corrected chi connectivity index (χ0v) is 11.2. The summed E-state index contributed by atoms with van der Waals surface area (Å²) in [7, 11) is 0. The third-order valence-electron chi connectivity index (χ3n) is 4.86. The van der Waals surface area contributed by atoms with Crippen LogP contribution >= 0.6 is 0 Å². The summed E-state index contributed by atoms with van der Waals surface area (Å²) in [4.78, 5) is 12.1. The lowest BCUT2D eigenvalue weighted by atomic mass is 9.84. The number of fused-ring (bicyclic) bond motifs is 2. The molecule has 1 aromatic rings. The Hall–Kier alpha value is -1.58. The number of hydrogen-bond acceptors (Lipinski definition) is 2. The van der Waals surface area contributed by atoms with Gasteiger partial charge in [0, 0.05) is 18.2 Å². The van der Waals surface area contributed by atoms with Crippen LogP contribution < -0.4 is 10.0 Å². The van der Waals surface area contributed by atoms with Crippen molar-refractivity contribution in [3.63, 3.8) is 0 Å². The van der Waals surface area contributed by atoms with E-state index in [0.29, 0.717) is 16.2 Å². The highest BCUT2D eigenvalue weighted by Gasteiger charge is 2.42. The molecule has 0 unspecified atom stereocenters. The first-order valence-corrected chi connectivity index (χ1v) is 7.13. The van der Waals surface area contributed by atoms with Crippen LogP contribution in [-0.4, -0.2) is 11.9 Å². The van der Waals surface area contributed by atoms with Crippen molar-refractivity contribution in [1.82, 2.24) is 5.32 Å². The molecule has 4 nitrogen and oxygen atoms in total. The number of carbonyl (C=O) groups excluding carboxylic acids is 1. The molecular weight excluding hydrogens is 240 g/mol. The van der Waals surface area contributed by atoms with Gasteiger partial charge in [-0.15, -0.1) is 0 Å². The van der Waals surface area contributed by atoms with Gasteiger partial charge in [-0.1, -0.05) is 6.42 Å².